The fourth-order valence-electron chi connectivity index (χ4n) is 8.00. The zero-order valence-corrected chi connectivity index (χ0v) is 41.7. The number of hydrogen-bond acceptors (Lipinski definition) is 5. The maximum atomic E-state index is 13.2. The molecule has 0 saturated heterocycles. The quantitative estimate of drug-likeness (QED) is 0.0321. The second kappa shape index (κ2) is 50.6. The maximum absolute atomic E-state index is 13.2. The third-order valence-electron chi connectivity index (χ3n) is 12.1. The summed E-state index contributed by atoms with van der Waals surface area (Å²) in [4.78, 5) is 26.1. The summed E-state index contributed by atoms with van der Waals surface area (Å²) >= 11 is 0. The molecule has 0 heterocycles. The van der Waals surface area contributed by atoms with Crippen LogP contribution in [0.15, 0.2) is 60.8 Å². The van der Waals surface area contributed by atoms with Crippen LogP contribution < -0.4 is 5.32 Å². The van der Waals surface area contributed by atoms with E-state index in [1.54, 1.807) is 0 Å². The molecule has 0 aliphatic rings. The first-order valence-electron chi connectivity index (χ1n) is 27.0. The first-order chi connectivity index (χ1) is 31.0. The largest absolute Gasteiger partial charge is 0.458 e. The number of carbonyl (C=O) groups excluding carboxylic acids is 2. The Hall–Kier alpha value is -2.44. The fraction of sp³-hybridized carbons (Fsp3) is 0.789. The molecule has 0 spiro atoms. The normalized spacial score (nSPS) is 13.7. The van der Waals surface area contributed by atoms with Crippen LogP contribution in [0.3, 0.4) is 0 Å². The van der Waals surface area contributed by atoms with E-state index in [0.29, 0.717) is 19.3 Å². The number of allylic oxidation sites excluding steroid dienone is 9. The first kappa shape index (κ1) is 60.6. The molecule has 3 N–H and O–H groups in total. The van der Waals surface area contributed by atoms with Crippen LogP contribution in [0.4, 0.5) is 0 Å². The lowest BCUT2D eigenvalue weighted by atomic mass is 10.0. The van der Waals surface area contributed by atoms with Crippen LogP contribution in [-0.2, 0) is 14.3 Å². The van der Waals surface area contributed by atoms with Gasteiger partial charge in [-0.2, -0.15) is 0 Å². The Kier molecular flexibility index (Phi) is 48.6. The Balaban J connectivity index is 4.55. The summed E-state index contributed by atoms with van der Waals surface area (Å²) in [5, 5.41) is 23.8. The molecule has 3 unspecified atom stereocenters. The van der Waals surface area contributed by atoms with E-state index in [9.17, 15) is 19.8 Å². The average Bonchev–Trinajstić information content (AvgIpc) is 3.28. The Bertz CT molecular complexity index is 1130. The third-order valence-corrected chi connectivity index (χ3v) is 12.1. The zero-order chi connectivity index (χ0) is 45.9. The van der Waals surface area contributed by atoms with Gasteiger partial charge in [-0.25, -0.2) is 0 Å². The summed E-state index contributed by atoms with van der Waals surface area (Å²) in [5.74, 6) is -0.614. The van der Waals surface area contributed by atoms with Gasteiger partial charge in [0.05, 0.1) is 25.2 Å². The molecule has 0 saturated carbocycles. The molecule has 1 amide bonds. The van der Waals surface area contributed by atoms with Gasteiger partial charge in [0, 0.05) is 6.42 Å². The van der Waals surface area contributed by atoms with Gasteiger partial charge in [-0.15, -0.1) is 0 Å². The van der Waals surface area contributed by atoms with E-state index in [4.69, 9.17) is 4.74 Å². The topological polar surface area (TPSA) is 95.9 Å². The third kappa shape index (κ3) is 45.9. The lowest BCUT2D eigenvalue weighted by molar-refractivity contribution is -0.148. The summed E-state index contributed by atoms with van der Waals surface area (Å²) in [6.45, 7) is 6.34. The molecule has 6 heteroatoms. The molecule has 3 atom stereocenters. The highest BCUT2D eigenvalue weighted by molar-refractivity contribution is 5.78. The molecule has 6 nitrogen and oxygen atoms in total. The highest BCUT2D eigenvalue weighted by atomic mass is 16.5. The van der Waals surface area contributed by atoms with E-state index in [1.165, 1.54) is 148 Å². The Labute approximate surface area is 390 Å². The number of amides is 1. The minimum atomic E-state index is -0.814. The second-order valence-electron chi connectivity index (χ2n) is 18.2. The number of esters is 1. The van der Waals surface area contributed by atoms with Gasteiger partial charge < -0.3 is 20.3 Å². The summed E-state index contributed by atoms with van der Waals surface area (Å²) in [7, 11) is 0. The van der Waals surface area contributed by atoms with E-state index in [0.717, 1.165) is 70.6 Å². The predicted octanol–water partition coefficient (Wildman–Crippen LogP) is 16.4. The number of aliphatic hydroxyl groups excluding tert-OH is 2. The summed E-state index contributed by atoms with van der Waals surface area (Å²) in [6, 6.07) is -0.736. The minimum Gasteiger partial charge on any atom is -0.458 e. The molecule has 0 aromatic rings. The molecule has 0 aromatic heterocycles. The molecular weight excluding hydrogens is 779 g/mol. The molecule has 0 fully saturated rings. The highest BCUT2D eigenvalue weighted by Crippen LogP contribution is 2.17. The van der Waals surface area contributed by atoms with Crippen molar-refractivity contribution in [3.8, 4) is 0 Å². The maximum Gasteiger partial charge on any atom is 0.306 e. The van der Waals surface area contributed by atoms with Crippen molar-refractivity contribution in [1.82, 2.24) is 5.32 Å². The van der Waals surface area contributed by atoms with E-state index >= 15 is 0 Å². The van der Waals surface area contributed by atoms with Crippen LogP contribution >= 0.6 is 0 Å². The first-order valence-corrected chi connectivity index (χ1v) is 27.0. The molecule has 0 rings (SSSR count). The Morgan fingerprint density at radius 3 is 1.35 bits per heavy atom. The van der Waals surface area contributed by atoms with E-state index in [-0.39, 0.29) is 24.9 Å². The van der Waals surface area contributed by atoms with Crippen molar-refractivity contribution < 1.29 is 24.5 Å². The van der Waals surface area contributed by atoms with Crippen molar-refractivity contribution in [3.05, 3.63) is 60.8 Å². The molecule has 0 radical (unpaired) electrons. The number of unbranched alkanes of at least 4 members (excludes halogenated alkanes) is 28. The van der Waals surface area contributed by atoms with Crippen molar-refractivity contribution in [2.24, 2.45) is 0 Å². The number of hydrogen-bond donors (Lipinski definition) is 3. The van der Waals surface area contributed by atoms with Crippen LogP contribution in [0.2, 0.25) is 0 Å². The Morgan fingerprint density at radius 1 is 0.492 bits per heavy atom. The highest BCUT2D eigenvalue weighted by Gasteiger charge is 2.23. The lowest BCUT2D eigenvalue weighted by Gasteiger charge is -2.23. The van der Waals surface area contributed by atoms with E-state index in [1.807, 2.05) is 12.2 Å². The summed E-state index contributed by atoms with van der Waals surface area (Å²) in [5.41, 5.74) is 0. The van der Waals surface area contributed by atoms with Gasteiger partial charge >= 0.3 is 5.97 Å². The molecule has 0 aliphatic heterocycles. The molecule has 63 heavy (non-hydrogen) atoms. The van der Waals surface area contributed by atoms with Gasteiger partial charge in [-0.1, -0.05) is 242 Å². The summed E-state index contributed by atoms with van der Waals surface area (Å²) in [6.07, 6.45) is 63.2. The van der Waals surface area contributed by atoms with Crippen molar-refractivity contribution >= 4 is 11.9 Å². The zero-order valence-electron chi connectivity index (χ0n) is 41.7. The minimum absolute atomic E-state index is 0.0346. The molecule has 366 valence electrons. The van der Waals surface area contributed by atoms with E-state index in [2.05, 4.69) is 74.7 Å². The second-order valence-corrected chi connectivity index (χ2v) is 18.2. The van der Waals surface area contributed by atoms with Crippen molar-refractivity contribution in [3.63, 3.8) is 0 Å². The fourth-order valence-corrected chi connectivity index (χ4v) is 8.00. The number of carbonyl (C=O) groups is 2. The smallest absolute Gasteiger partial charge is 0.306 e. The van der Waals surface area contributed by atoms with Crippen LogP contribution in [0.1, 0.15) is 265 Å². The molecule has 0 aromatic carbocycles. The van der Waals surface area contributed by atoms with Gasteiger partial charge in [0.1, 0.15) is 6.10 Å². The molecule has 0 aliphatic carbocycles. The van der Waals surface area contributed by atoms with Crippen LogP contribution in [0, 0.1) is 0 Å². The van der Waals surface area contributed by atoms with Crippen LogP contribution in [0.25, 0.3) is 0 Å². The van der Waals surface area contributed by atoms with Crippen molar-refractivity contribution in [2.45, 2.75) is 283 Å². The number of rotatable bonds is 48. The molecular formula is C57H103NO5. The van der Waals surface area contributed by atoms with Gasteiger partial charge in [0.25, 0.3) is 0 Å². The van der Waals surface area contributed by atoms with Crippen molar-refractivity contribution in [1.29, 1.82) is 0 Å². The average molecular weight is 882 g/mol. The lowest BCUT2D eigenvalue weighted by Crippen LogP contribution is -2.46. The van der Waals surface area contributed by atoms with Gasteiger partial charge in [0.15, 0.2) is 0 Å². The standard InChI is InChI=1S/C57H103NO5/c1-4-7-10-13-16-19-22-24-26-28-29-31-34-37-40-43-46-49-55(60)54(52-59)58-56(61)51-53(48-45-42-39-36-33-21-18-15-12-9-6-3)63-57(62)50-47-44-41-38-35-32-30-27-25-23-20-17-14-11-8-5-2/h8,11,17,20,25,27,36,39,45,48,53-55,59-60H,4-7,9-10,12-16,18-19,21-24,26,28-35,37-38,40-44,46-47,49-52H2,1-3H3,(H,58,61)/b11-8+,20-17+,27-25+,39-36-,48-45+. The SMILES string of the molecule is CC/C=C/C/C=C/C/C=C/CCCCCCCCC(=O)OC(/C=C/C/C=C\CCCCCCCC)CC(=O)NC(CO)C(O)CCCCCCCCCCCCCCCCCCC. The van der Waals surface area contributed by atoms with Crippen molar-refractivity contribution in [2.75, 3.05) is 6.61 Å². The number of aliphatic hydroxyl groups is 2. The van der Waals surface area contributed by atoms with Gasteiger partial charge in [0.2, 0.25) is 5.91 Å². The van der Waals surface area contributed by atoms with Gasteiger partial charge in [-0.3, -0.25) is 9.59 Å². The van der Waals surface area contributed by atoms with Gasteiger partial charge in [-0.05, 0) is 70.3 Å². The number of ether oxygens (including phenoxy) is 1. The van der Waals surface area contributed by atoms with Crippen LogP contribution in [0.5, 0.6) is 0 Å². The Morgan fingerprint density at radius 2 is 0.889 bits per heavy atom. The predicted molar refractivity (Wildman–Crippen MR) is 273 cm³/mol. The van der Waals surface area contributed by atoms with Crippen LogP contribution in [-0.4, -0.2) is 46.9 Å². The monoisotopic (exact) mass is 882 g/mol. The summed E-state index contributed by atoms with van der Waals surface area (Å²) < 4.78 is 5.83. The number of nitrogens with one attached hydrogen (secondary N) is 1. The van der Waals surface area contributed by atoms with E-state index < -0.39 is 18.2 Å². The molecule has 0 bridgehead atoms.